The van der Waals surface area contributed by atoms with Gasteiger partial charge in [0.15, 0.2) is 6.33 Å². The molecule has 1 heterocycles. The molecule has 14 heavy (non-hydrogen) atoms. The van der Waals surface area contributed by atoms with Gasteiger partial charge in [0.2, 0.25) is 0 Å². The number of hydrogen-bond acceptors (Lipinski definition) is 5. The van der Waals surface area contributed by atoms with E-state index in [9.17, 15) is 0 Å². The fourth-order valence-corrected chi connectivity index (χ4v) is 0.896. The number of phenolic OH excluding ortho intramolecular Hbond substituents is 1. The zero-order valence-electron chi connectivity index (χ0n) is 7.15. The minimum absolute atomic E-state index is 0.226. The molecule has 1 aromatic carbocycles. The van der Waals surface area contributed by atoms with Gasteiger partial charge in [-0.2, -0.15) is 5.10 Å². The van der Waals surface area contributed by atoms with E-state index in [0.29, 0.717) is 0 Å². The van der Waals surface area contributed by atoms with E-state index in [4.69, 9.17) is 5.11 Å². The Bertz CT molecular complexity index is 420. The Morgan fingerprint density at radius 2 is 2.07 bits per heavy atom. The average molecular weight is 189 g/mol. The van der Waals surface area contributed by atoms with Crippen molar-refractivity contribution in [3.63, 3.8) is 0 Å². The van der Waals surface area contributed by atoms with Crippen LogP contribution in [0.5, 0.6) is 5.75 Å². The van der Waals surface area contributed by atoms with Gasteiger partial charge in [-0.05, 0) is 40.3 Å². The fraction of sp³-hybridized carbons (Fsp3) is 0. The van der Waals surface area contributed by atoms with E-state index in [2.05, 4.69) is 20.6 Å². The lowest BCUT2D eigenvalue weighted by molar-refractivity contribution is 0.475. The number of tetrazole rings is 1. The lowest BCUT2D eigenvalue weighted by atomic mass is 10.2. The lowest BCUT2D eigenvalue weighted by Gasteiger charge is -1.92. The molecule has 0 radical (unpaired) electrons. The van der Waals surface area contributed by atoms with Crippen LogP contribution in [0.15, 0.2) is 35.7 Å². The Morgan fingerprint density at radius 3 is 2.71 bits per heavy atom. The van der Waals surface area contributed by atoms with E-state index in [0.717, 1.165) is 5.56 Å². The van der Waals surface area contributed by atoms with E-state index in [-0.39, 0.29) is 5.75 Å². The van der Waals surface area contributed by atoms with Crippen LogP contribution < -0.4 is 0 Å². The molecule has 0 bridgehead atoms. The van der Waals surface area contributed by atoms with Gasteiger partial charge in [0, 0.05) is 0 Å². The van der Waals surface area contributed by atoms with Gasteiger partial charge >= 0.3 is 0 Å². The summed E-state index contributed by atoms with van der Waals surface area (Å²) < 4.78 is 0. The van der Waals surface area contributed by atoms with Gasteiger partial charge < -0.3 is 5.11 Å². The second-order valence-electron chi connectivity index (χ2n) is 2.57. The minimum atomic E-state index is 0.226. The maximum absolute atomic E-state index is 9.03. The lowest BCUT2D eigenvalue weighted by Crippen LogP contribution is -1.91. The molecule has 2 rings (SSSR count). The molecular formula is C8H7N5O. The molecule has 0 atom stereocenters. The van der Waals surface area contributed by atoms with Crippen molar-refractivity contribution in [2.24, 2.45) is 5.10 Å². The van der Waals surface area contributed by atoms with Crippen LogP contribution in [-0.2, 0) is 0 Å². The normalized spacial score (nSPS) is 10.9. The second-order valence-corrected chi connectivity index (χ2v) is 2.57. The minimum Gasteiger partial charge on any atom is -0.508 e. The SMILES string of the molecule is Oc1ccc(/C=N\n2cnnn2)cc1. The fourth-order valence-electron chi connectivity index (χ4n) is 0.896. The van der Waals surface area contributed by atoms with E-state index >= 15 is 0 Å². The third-order valence-electron chi connectivity index (χ3n) is 1.56. The maximum Gasteiger partial charge on any atom is 0.164 e. The van der Waals surface area contributed by atoms with Crippen LogP contribution >= 0.6 is 0 Å². The van der Waals surface area contributed by atoms with Crippen molar-refractivity contribution in [2.45, 2.75) is 0 Å². The Kier molecular flexibility index (Phi) is 2.18. The topological polar surface area (TPSA) is 76.2 Å². The first-order valence-electron chi connectivity index (χ1n) is 3.91. The van der Waals surface area contributed by atoms with Crippen molar-refractivity contribution < 1.29 is 5.11 Å². The highest BCUT2D eigenvalue weighted by Crippen LogP contribution is 2.07. The van der Waals surface area contributed by atoms with Crippen LogP contribution in [0.4, 0.5) is 0 Å². The summed E-state index contributed by atoms with van der Waals surface area (Å²) in [7, 11) is 0. The molecule has 0 aliphatic rings. The number of rotatable bonds is 2. The number of hydrogen-bond donors (Lipinski definition) is 1. The van der Waals surface area contributed by atoms with E-state index in [1.54, 1.807) is 30.5 Å². The number of nitrogens with zero attached hydrogens (tertiary/aromatic N) is 5. The molecule has 1 aromatic heterocycles. The van der Waals surface area contributed by atoms with Gasteiger partial charge in [0.25, 0.3) is 0 Å². The van der Waals surface area contributed by atoms with Gasteiger partial charge in [-0.3, -0.25) is 0 Å². The van der Waals surface area contributed by atoms with E-state index in [1.165, 1.54) is 11.1 Å². The van der Waals surface area contributed by atoms with E-state index in [1.807, 2.05) is 0 Å². The Hall–Kier alpha value is -2.24. The van der Waals surface area contributed by atoms with Crippen LogP contribution in [0.3, 0.4) is 0 Å². The Labute approximate surface area is 79.5 Å². The Balaban J connectivity index is 2.15. The molecule has 1 N–H and O–H groups in total. The third-order valence-corrected chi connectivity index (χ3v) is 1.56. The van der Waals surface area contributed by atoms with Crippen LogP contribution in [-0.4, -0.2) is 31.6 Å². The van der Waals surface area contributed by atoms with Crippen molar-refractivity contribution in [2.75, 3.05) is 0 Å². The molecule has 70 valence electrons. The molecule has 0 aliphatic carbocycles. The van der Waals surface area contributed by atoms with Crippen molar-refractivity contribution in [3.05, 3.63) is 36.2 Å². The zero-order valence-corrected chi connectivity index (χ0v) is 7.15. The summed E-state index contributed by atoms with van der Waals surface area (Å²) in [6, 6.07) is 6.65. The molecular weight excluding hydrogens is 182 g/mol. The van der Waals surface area contributed by atoms with Crippen LogP contribution in [0.2, 0.25) is 0 Å². The molecule has 0 saturated carbocycles. The molecule has 6 heteroatoms. The highest BCUT2D eigenvalue weighted by atomic mass is 16.3. The maximum atomic E-state index is 9.03. The number of phenols is 1. The first kappa shape index (κ1) is 8.36. The summed E-state index contributed by atoms with van der Waals surface area (Å²) in [5.41, 5.74) is 0.860. The van der Waals surface area contributed by atoms with Crippen molar-refractivity contribution in [1.29, 1.82) is 0 Å². The highest BCUT2D eigenvalue weighted by Gasteiger charge is 1.89. The smallest absolute Gasteiger partial charge is 0.164 e. The summed E-state index contributed by atoms with van der Waals surface area (Å²) in [5.74, 6) is 0.226. The zero-order chi connectivity index (χ0) is 9.80. The predicted molar refractivity (Wildman–Crippen MR) is 48.9 cm³/mol. The van der Waals surface area contributed by atoms with Gasteiger partial charge in [0.05, 0.1) is 6.21 Å². The van der Waals surface area contributed by atoms with Gasteiger partial charge in [0.1, 0.15) is 5.75 Å². The van der Waals surface area contributed by atoms with Crippen molar-refractivity contribution in [3.8, 4) is 5.75 Å². The molecule has 0 aliphatic heterocycles. The molecule has 0 amide bonds. The largest absolute Gasteiger partial charge is 0.508 e. The summed E-state index contributed by atoms with van der Waals surface area (Å²) in [5, 5.41) is 23.4. The third kappa shape index (κ3) is 1.92. The number of aromatic hydroxyl groups is 1. The summed E-state index contributed by atoms with van der Waals surface area (Å²) in [4.78, 5) is 1.24. The summed E-state index contributed by atoms with van der Waals surface area (Å²) in [6.45, 7) is 0. The number of aromatic nitrogens is 4. The second kappa shape index (κ2) is 3.65. The molecule has 0 spiro atoms. The molecule has 0 fully saturated rings. The Morgan fingerprint density at radius 1 is 1.29 bits per heavy atom. The summed E-state index contributed by atoms with van der Waals surface area (Å²) in [6.07, 6.45) is 2.98. The monoisotopic (exact) mass is 189 g/mol. The van der Waals surface area contributed by atoms with Gasteiger partial charge in [-0.1, -0.05) is 0 Å². The van der Waals surface area contributed by atoms with Crippen LogP contribution in [0, 0.1) is 0 Å². The molecule has 6 nitrogen and oxygen atoms in total. The van der Waals surface area contributed by atoms with Crippen LogP contribution in [0.1, 0.15) is 5.56 Å². The number of benzene rings is 1. The van der Waals surface area contributed by atoms with Crippen molar-refractivity contribution >= 4 is 6.21 Å². The first-order valence-corrected chi connectivity index (χ1v) is 3.91. The van der Waals surface area contributed by atoms with Gasteiger partial charge in [-0.25, -0.2) is 0 Å². The highest BCUT2D eigenvalue weighted by molar-refractivity contribution is 5.79. The quantitative estimate of drug-likeness (QED) is 0.687. The van der Waals surface area contributed by atoms with Gasteiger partial charge in [-0.15, -0.1) is 9.89 Å². The molecule has 0 saturated heterocycles. The van der Waals surface area contributed by atoms with Crippen molar-refractivity contribution in [1.82, 2.24) is 20.3 Å². The predicted octanol–water partition coefficient (Wildman–Crippen LogP) is 0.261. The molecule has 0 unspecified atom stereocenters. The van der Waals surface area contributed by atoms with E-state index < -0.39 is 0 Å². The summed E-state index contributed by atoms with van der Waals surface area (Å²) >= 11 is 0. The average Bonchev–Trinajstić information content (AvgIpc) is 2.70. The first-order chi connectivity index (χ1) is 6.84. The van der Waals surface area contributed by atoms with Crippen LogP contribution in [0.25, 0.3) is 0 Å². The standard InChI is InChI=1S/C8H7N5O/c14-8-3-1-7(2-4-8)5-10-13-6-9-11-12-13/h1-6,14H/b10-5-. The molecule has 2 aromatic rings.